The van der Waals surface area contributed by atoms with Gasteiger partial charge in [-0.05, 0) is 30.7 Å². The normalized spacial score (nSPS) is 13.5. The Morgan fingerprint density at radius 2 is 1.79 bits per heavy atom. The molecule has 146 valence electrons. The Kier molecular flexibility index (Phi) is 4.50. The van der Waals surface area contributed by atoms with Crippen LogP contribution < -0.4 is 23.7 Å². The molecule has 1 aliphatic heterocycles. The zero-order valence-electron chi connectivity index (χ0n) is 16.1. The summed E-state index contributed by atoms with van der Waals surface area (Å²) in [6, 6.07) is 3.49. The van der Waals surface area contributed by atoms with E-state index in [0.717, 1.165) is 5.56 Å². The average Bonchev–Trinajstić information content (AvgIpc) is 3.29. The fourth-order valence-corrected chi connectivity index (χ4v) is 3.62. The van der Waals surface area contributed by atoms with Gasteiger partial charge in [0, 0.05) is 16.7 Å². The summed E-state index contributed by atoms with van der Waals surface area (Å²) in [5.41, 5.74) is 2.98. The first kappa shape index (κ1) is 18.0. The maximum Gasteiger partial charge on any atom is 0.231 e. The molecule has 7 nitrogen and oxygen atoms in total. The minimum Gasteiger partial charge on any atom is -0.501 e. The molecule has 0 saturated heterocycles. The first-order valence-electron chi connectivity index (χ1n) is 8.79. The molecule has 2 aromatic rings. The predicted molar refractivity (Wildman–Crippen MR) is 102 cm³/mol. The SMILES string of the molecule is CCOC=Cc1cc2c(c3c1-c1c(cc(OC)c(OC)c1OC)C3=O)OCO2. The van der Waals surface area contributed by atoms with E-state index >= 15 is 0 Å². The van der Waals surface area contributed by atoms with Gasteiger partial charge in [-0.3, -0.25) is 4.79 Å². The van der Waals surface area contributed by atoms with Crippen LogP contribution in [-0.4, -0.2) is 40.5 Å². The smallest absolute Gasteiger partial charge is 0.231 e. The number of ether oxygens (including phenoxy) is 6. The van der Waals surface area contributed by atoms with Gasteiger partial charge >= 0.3 is 0 Å². The van der Waals surface area contributed by atoms with Crippen LogP contribution in [0.2, 0.25) is 0 Å². The summed E-state index contributed by atoms with van der Waals surface area (Å²) in [6.45, 7) is 2.49. The Balaban J connectivity index is 2.06. The van der Waals surface area contributed by atoms with Crippen LogP contribution in [-0.2, 0) is 4.74 Å². The molecule has 1 aliphatic carbocycles. The van der Waals surface area contributed by atoms with Crippen molar-refractivity contribution in [1.82, 2.24) is 0 Å². The molecule has 0 spiro atoms. The van der Waals surface area contributed by atoms with E-state index in [-0.39, 0.29) is 12.6 Å². The molecule has 2 aliphatic rings. The number of methoxy groups -OCH3 is 3. The van der Waals surface area contributed by atoms with E-state index in [1.807, 2.05) is 13.0 Å². The molecule has 2 aromatic carbocycles. The van der Waals surface area contributed by atoms with Gasteiger partial charge in [-0.25, -0.2) is 0 Å². The van der Waals surface area contributed by atoms with Crippen molar-refractivity contribution < 1.29 is 33.2 Å². The lowest BCUT2D eigenvalue weighted by Crippen LogP contribution is -2.01. The standard InChI is InChI=1S/C21H20O7/c1-5-26-7-6-11-8-14-19(28-10-27-14)17-15(11)16-12(18(17)22)9-13(23-2)20(24-3)21(16)25-4/h6-9H,5,10H2,1-4H3. The number of hydrogen-bond donors (Lipinski definition) is 0. The quantitative estimate of drug-likeness (QED) is 0.601. The third kappa shape index (κ3) is 2.46. The topological polar surface area (TPSA) is 72.5 Å². The monoisotopic (exact) mass is 384 g/mol. The first-order valence-corrected chi connectivity index (χ1v) is 8.79. The highest BCUT2D eigenvalue weighted by molar-refractivity contribution is 6.26. The molecule has 7 heteroatoms. The zero-order valence-corrected chi connectivity index (χ0v) is 16.1. The van der Waals surface area contributed by atoms with Crippen molar-refractivity contribution in [2.75, 3.05) is 34.7 Å². The Labute approximate surface area is 162 Å². The lowest BCUT2D eigenvalue weighted by molar-refractivity contribution is 0.103. The van der Waals surface area contributed by atoms with Gasteiger partial charge in [0.15, 0.2) is 28.8 Å². The molecule has 1 heterocycles. The van der Waals surface area contributed by atoms with E-state index in [4.69, 9.17) is 28.4 Å². The summed E-state index contributed by atoms with van der Waals surface area (Å²) in [5, 5.41) is 0. The minimum atomic E-state index is -0.183. The second-order valence-corrected chi connectivity index (χ2v) is 6.10. The van der Waals surface area contributed by atoms with Crippen LogP contribution in [0.25, 0.3) is 17.2 Å². The van der Waals surface area contributed by atoms with Gasteiger partial charge in [0.05, 0.1) is 39.8 Å². The maximum absolute atomic E-state index is 13.3. The van der Waals surface area contributed by atoms with Crippen molar-refractivity contribution >= 4 is 11.9 Å². The van der Waals surface area contributed by atoms with Crippen molar-refractivity contribution in [2.24, 2.45) is 0 Å². The predicted octanol–water partition coefficient (Wildman–Crippen LogP) is 3.66. The molecular weight excluding hydrogens is 364 g/mol. The lowest BCUT2D eigenvalue weighted by Gasteiger charge is -2.16. The fraction of sp³-hybridized carbons (Fsp3) is 0.286. The van der Waals surface area contributed by atoms with Crippen LogP contribution in [0, 0.1) is 0 Å². The zero-order chi connectivity index (χ0) is 19.8. The largest absolute Gasteiger partial charge is 0.501 e. The van der Waals surface area contributed by atoms with Crippen LogP contribution in [0.15, 0.2) is 18.4 Å². The van der Waals surface area contributed by atoms with E-state index in [0.29, 0.717) is 57.6 Å². The summed E-state index contributed by atoms with van der Waals surface area (Å²) in [6.07, 6.45) is 3.39. The molecule has 28 heavy (non-hydrogen) atoms. The van der Waals surface area contributed by atoms with Crippen molar-refractivity contribution in [3.8, 4) is 39.9 Å². The molecule has 4 rings (SSSR count). The number of fused-ring (bicyclic) bond motifs is 5. The summed E-state index contributed by atoms with van der Waals surface area (Å²) in [5.74, 6) is 2.03. The minimum absolute atomic E-state index is 0.0633. The number of carbonyl (C=O) groups is 1. The van der Waals surface area contributed by atoms with Gasteiger partial charge in [-0.15, -0.1) is 0 Å². The first-order chi connectivity index (χ1) is 13.7. The summed E-state index contributed by atoms with van der Waals surface area (Å²) in [4.78, 5) is 13.3. The van der Waals surface area contributed by atoms with Crippen LogP contribution in [0.3, 0.4) is 0 Å². The summed E-state index contributed by atoms with van der Waals surface area (Å²) < 4.78 is 33.1. The summed E-state index contributed by atoms with van der Waals surface area (Å²) in [7, 11) is 4.57. The highest BCUT2D eigenvalue weighted by atomic mass is 16.7. The molecule has 0 atom stereocenters. The molecule has 0 aromatic heterocycles. The number of rotatable bonds is 6. The maximum atomic E-state index is 13.3. The van der Waals surface area contributed by atoms with Crippen LogP contribution in [0.4, 0.5) is 0 Å². The van der Waals surface area contributed by atoms with Crippen molar-refractivity contribution in [3.63, 3.8) is 0 Å². The number of benzene rings is 2. The number of hydrogen-bond acceptors (Lipinski definition) is 7. The number of carbonyl (C=O) groups excluding carboxylic acids is 1. The Morgan fingerprint density at radius 3 is 2.46 bits per heavy atom. The van der Waals surface area contributed by atoms with Crippen LogP contribution in [0.5, 0.6) is 28.7 Å². The van der Waals surface area contributed by atoms with Gasteiger partial charge in [0.1, 0.15) is 0 Å². The molecule has 0 amide bonds. The highest BCUT2D eigenvalue weighted by Gasteiger charge is 2.40. The van der Waals surface area contributed by atoms with Crippen molar-refractivity contribution in [3.05, 3.63) is 35.1 Å². The van der Waals surface area contributed by atoms with E-state index in [1.54, 1.807) is 18.4 Å². The molecule has 0 saturated carbocycles. The third-order valence-electron chi connectivity index (χ3n) is 4.76. The van der Waals surface area contributed by atoms with Crippen molar-refractivity contribution in [2.45, 2.75) is 6.92 Å². The molecule has 0 N–H and O–H groups in total. The van der Waals surface area contributed by atoms with E-state index in [9.17, 15) is 4.79 Å². The van der Waals surface area contributed by atoms with Gasteiger partial charge in [0.25, 0.3) is 0 Å². The van der Waals surface area contributed by atoms with E-state index in [1.165, 1.54) is 21.3 Å². The fourth-order valence-electron chi connectivity index (χ4n) is 3.62. The lowest BCUT2D eigenvalue weighted by atomic mass is 9.97. The highest BCUT2D eigenvalue weighted by Crippen LogP contribution is 2.56. The van der Waals surface area contributed by atoms with E-state index < -0.39 is 0 Å². The third-order valence-corrected chi connectivity index (χ3v) is 4.76. The Hall–Kier alpha value is -3.35. The van der Waals surface area contributed by atoms with Crippen molar-refractivity contribution in [1.29, 1.82) is 0 Å². The van der Waals surface area contributed by atoms with Crippen LogP contribution >= 0.6 is 0 Å². The Bertz CT molecular complexity index is 991. The van der Waals surface area contributed by atoms with Gasteiger partial charge in [-0.1, -0.05) is 0 Å². The second kappa shape index (κ2) is 6.99. The molecule has 0 radical (unpaired) electrons. The molecular formula is C21H20O7. The summed E-state index contributed by atoms with van der Waals surface area (Å²) >= 11 is 0. The molecule has 0 bridgehead atoms. The molecule has 0 unspecified atom stereocenters. The number of ketones is 1. The molecule has 0 fully saturated rings. The van der Waals surface area contributed by atoms with E-state index in [2.05, 4.69) is 0 Å². The average molecular weight is 384 g/mol. The van der Waals surface area contributed by atoms with Gasteiger partial charge in [0.2, 0.25) is 12.5 Å². The Morgan fingerprint density at radius 1 is 1.00 bits per heavy atom. The van der Waals surface area contributed by atoms with Gasteiger partial charge in [-0.2, -0.15) is 0 Å². The van der Waals surface area contributed by atoms with Crippen LogP contribution in [0.1, 0.15) is 28.4 Å². The second-order valence-electron chi connectivity index (χ2n) is 6.10. The van der Waals surface area contributed by atoms with Gasteiger partial charge < -0.3 is 28.4 Å².